The average molecular weight is 417 g/mol. The Bertz CT molecular complexity index is 663. The van der Waals surface area contributed by atoms with Gasteiger partial charge in [0.1, 0.15) is 5.82 Å². The summed E-state index contributed by atoms with van der Waals surface area (Å²) in [5.74, 6) is 1.96. The highest BCUT2D eigenvalue weighted by atomic mass is 16.5. The summed E-state index contributed by atoms with van der Waals surface area (Å²) < 4.78 is 5.50. The van der Waals surface area contributed by atoms with Crippen LogP contribution in [0.25, 0.3) is 0 Å². The van der Waals surface area contributed by atoms with E-state index >= 15 is 0 Å². The number of nitrogens with one attached hydrogen (secondary N) is 2. The van der Waals surface area contributed by atoms with Crippen molar-refractivity contribution in [3.8, 4) is 0 Å². The molecule has 0 aliphatic carbocycles. The van der Waals surface area contributed by atoms with Crippen molar-refractivity contribution in [3.05, 3.63) is 23.9 Å². The van der Waals surface area contributed by atoms with Crippen molar-refractivity contribution < 1.29 is 4.74 Å². The van der Waals surface area contributed by atoms with Crippen LogP contribution in [0.15, 0.2) is 23.3 Å². The molecule has 30 heavy (non-hydrogen) atoms. The number of morpholine rings is 1. The molecule has 2 fully saturated rings. The summed E-state index contributed by atoms with van der Waals surface area (Å²) >= 11 is 0. The van der Waals surface area contributed by atoms with Crippen LogP contribution in [0, 0.1) is 0 Å². The van der Waals surface area contributed by atoms with Crippen LogP contribution in [0.3, 0.4) is 0 Å². The summed E-state index contributed by atoms with van der Waals surface area (Å²) in [4.78, 5) is 14.4. The molecule has 168 valence electrons. The van der Waals surface area contributed by atoms with Crippen molar-refractivity contribution in [1.82, 2.24) is 20.5 Å². The van der Waals surface area contributed by atoms with Crippen LogP contribution < -0.4 is 15.5 Å². The molecule has 7 nitrogen and oxygen atoms in total. The van der Waals surface area contributed by atoms with E-state index in [9.17, 15) is 0 Å². The molecule has 2 aliphatic rings. The number of guanidine groups is 1. The zero-order valence-electron chi connectivity index (χ0n) is 19.1. The van der Waals surface area contributed by atoms with E-state index in [0.29, 0.717) is 6.54 Å². The third-order valence-corrected chi connectivity index (χ3v) is 6.06. The van der Waals surface area contributed by atoms with Gasteiger partial charge in [-0.3, -0.25) is 4.90 Å². The Labute approximate surface area is 182 Å². The number of aliphatic imine (C=N–C) groups is 1. The highest BCUT2D eigenvalue weighted by molar-refractivity contribution is 5.79. The molecule has 0 spiro atoms. The van der Waals surface area contributed by atoms with Crippen molar-refractivity contribution in [2.24, 2.45) is 4.99 Å². The van der Waals surface area contributed by atoms with Gasteiger partial charge in [-0.25, -0.2) is 9.98 Å². The highest BCUT2D eigenvalue weighted by Gasteiger charge is 2.28. The quantitative estimate of drug-likeness (QED) is 0.526. The summed E-state index contributed by atoms with van der Waals surface area (Å²) in [6, 6.07) is 4.28. The fraction of sp³-hybridized carbons (Fsp3) is 0.739. The van der Waals surface area contributed by atoms with Crippen LogP contribution >= 0.6 is 0 Å². The molecular formula is C23H40N6O. The minimum Gasteiger partial charge on any atom is -0.379 e. The molecule has 0 radical (unpaired) electrons. The van der Waals surface area contributed by atoms with Crippen molar-refractivity contribution in [3.63, 3.8) is 0 Å². The van der Waals surface area contributed by atoms with E-state index in [1.165, 1.54) is 31.2 Å². The van der Waals surface area contributed by atoms with Gasteiger partial charge in [-0.15, -0.1) is 0 Å². The number of rotatable bonds is 7. The minimum absolute atomic E-state index is 0.0522. The first-order valence-electron chi connectivity index (χ1n) is 11.6. The van der Waals surface area contributed by atoms with Crippen LogP contribution in [-0.4, -0.2) is 73.9 Å². The molecule has 1 aromatic heterocycles. The molecule has 2 N–H and O–H groups in total. The summed E-state index contributed by atoms with van der Waals surface area (Å²) in [7, 11) is 0. The Morgan fingerprint density at radius 3 is 2.53 bits per heavy atom. The number of nitrogens with zero attached hydrogens (tertiary/aromatic N) is 4. The lowest BCUT2D eigenvalue weighted by molar-refractivity contribution is -0.00834. The normalized spacial score (nSPS) is 19.4. The molecule has 2 saturated heterocycles. The molecule has 7 heteroatoms. The Balaban J connectivity index is 1.59. The smallest absolute Gasteiger partial charge is 0.191 e. The maximum absolute atomic E-state index is 5.50. The van der Waals surface area contributed by atoms with Crippen molar-refractivity contribution in [2.45, 2.75) is 58.5 Å². The molecule has 2 aliphatic heterocycles. The SMILES string of the molecule is CCNC(=NCc1ccnc(N2CCCCCC2)c1)NCC(C)(C)N1CCOCC1. The minimum atomic E-state index is 0.0522. The molecule has 0 bridgehead atoms. The van der Waals surface area contributed by atoms with Crippen molar-refractivity contribution in [1.29, 1.82) is 0 Å². The van der Waals surface area contributed by atoms with Gasteiger partial charge in [-0.05, 0) is 51.3 Å². The topological polar surface area (TPSA) is 65.0 Å². The van der Waals surface area contributed by atoms with Crippen LogP contribution in [0.2, 0.25) is 0 Å². The number of aromatic nitrogens is 1. The molecule has 0 amide bonds. The first kappa shape index (κ1) is 22.8. The lowest BCUT2D eigenvalue weighted by Gasteiger charge is -2.41. The van der Waals surface area contributed by atoms with Gasteiger partial charge in [-0.2, -0.15) is 0 Å². The summed E-state index contributed by atoms with van der Waals surface area (Å²) in [5, 5.41) is 6.93. The van der Waals surface area contributed by atoms with Gasteiger partial charge in [0, 0.05) is 51.0 Å². The van der Waals surface area contributed by atoms with E-state index in [1.54, 1.807) is 0 Å². The van der Waals surface area contributed by atoms with Gasteiger partial charge in [0.2, 0.25) is 0 Å². The van der Waals surface area contributed by atoms with E-state index in [-0.39, 0.29) is 5.54 Å². The Hall–Kier alpha value is -1.86. The Morgan fingerprint density at radius 2 is 1.83 bits per heavy atom. The van der Waals surface area contributed by atoms with E-state index in [2.05, 4.69) is 58.3 Å². The number of anilines is 1. The fourth-order valence-corrected chi connectivity index (χ4v) is 4.12. The fourth-order valence-electron chi connectivity index (χ4n) is 4.12. The molecule has 3 heterocycles. The lowest BCUT2D eigenvalue weighted by atomic mass is 10.0. The van der Waals surface area contributed by atoms with Gasteiger partial charge in [0.15, 0.2) is 5.96 Å². The Morgan fingerprint density at radius 1 is 1.10 bits per heavy atom. The molecule has 1 aromatic rings. The predicted molar refractivity (Wildman–Crippen MR) is 124 cm³/mol. The lowest BCUT2D eigenvalue weighted by Crippen LogP contribution is -2.56. The Kier molecular flexibility index (Phi) is 8.75. The highest BCUT2D eigenvalue weighted by Crippen LogP contribution is 2.19. The number of pyridine rings is 1. The molecule has 0 unspecified atom stereocenters. The second-order valence-electron chi connectivity index (χ2n) is 8.88. The van der Waals surface area contributed by atoms with Gasteiger partial charge >= 0.3 is 0 Å². The average Bonchev–Trinajstić information content (AvgIpc) is 3.06. The van der Waals surface area contributed by atoms with Gasteiger partial charge in [-0.1, -0.05) is 12.8 Å². The van der Waals surface area contributed by atoms with Crippen LogP contribution in [0.5, 0.6) is 0 Å². The summed E-state index contributed by atoms with van der Waals surface area (Å²) in [5.41, 5.74) is 1.25. The van der Waals surface area contributed by atoms with Crippen molar-refractivity contribution >= 4 is 11.8 Å². The third kappa shape index (κ3) is 6.84. The van der Waals surface area contributed by atoms with E-state index in [4.69, 9.17) is 9.73 Å². The first-order valence-corrected chi connectivity index (χ1v) is 11.6. The number of hydrogen-bond acceptors (Lipinski definition) is 5. The third-order valence-electron chi connectivity index (χ3n) is 6.06. The van der Waals surface area contributed by atoms with Gasteiger partial charge in [0.05, 0.1) is 19.8 Å². The summed E-state index contributed by atoms with van der Waals surface area (Å²) in [6.45, 7) is 14.8. The second-order valence-corrected chi connectivity index (χ2v) is 8.88. The van der Waals surface area contributed by atoms with E-state index in [1.807, 2.05) is 6.20 Å². The zero-order chi connectivity index (χ0) is 21.2. The maximum Gasteiger partial charge on any atom is 0.191 e. The largest absolute Gasteiger partial charge is 0.379 e. The van der Waals surface area contributed by atoms with Crippen molar-refractivity contribution in [2.75, 3.05) is 57.4 Å². The first-order chi connectivity index (χ1) is 14.6. The molecule has 0 aromatic carbocycles. The second kappa shape index (κ2) is 11.5. The standard InChI is InChI=1S/C23H40N6O/c1-4-24-22(27-19-23(2,3)29-13-15-30-16-14-29)26-18-20-9-10-25-21(17-20)28-11-7-5-6-8-12-28/h9-10,17H,4-8,11-16,18-19H2,1-3H3,(H2,24,26,27). The monoisotopic (exact) mass is 416 g/mol. The van der Waals surface area contributed by atoms with Gasteiger partial charge in [0.25, 0.3) is 0 Å². The molecule has 0 saturated carbocycles. The van der Waals surface area contributed by atoms with Crippen LogP contribution in [-0.2, 0) is 11.3 Å². The molecular weight excluding hydrogens is 376 g/mol. The van der Waals surface area contributed by atoms with Gasteiger partial charge < -0.3 is 20.3 Å². The van der Waals surface area contributed by atoms with E-state index in [0.717, 1.165) is 64.3 Å². The number of ether oxygens (including phenoxy) is 1. The number of hydrogen-bond donors (Lipinski definition) is 2. The summed E-state index contributed by atoms with van der Waals surface area (Å²) in [6.07, 6.45) is 7.11. The maximum atomic E-state index is 5.50. The zero-order valence-corrected chi connectivity index (χ0v) is 19.1. The molecule has 0 atom stereocenters. The van der Waals surface area contributed by atoms with E-state index < -0.39 is 0 Å². The van der Waals surface area contributed by atoms with Crippen LogP contribution in [0.1, 0.15) is 52.0 Å². The predicted octanol–water partition coefficient (Wildman–Crippen LogP) is 2.63. The van der Waals surface area contributed by atoms with Crippen LogP contribution in [0.4, 0.5) is 5.82 Å². The molecule has 3 rings (SSSR count).